The van der Waals surface area contributed by atoms with E-state index in [-0.39, 0.29) is 23.5 Å². The number of rotatable bonds is 4. The van der Waals surface area contributed by atoms with E-state index >= 15 is 0 Å². The number of esters is 1. The van der Waals surface area contributed by atoms with E-state index in [4.69, 9.17) is 14.2 Å². The molecule has 0 heterocycles. The number of carbonyl (C=O) groups excluding carboxylic acids is 2. The predicted molar refractivity (Wildman–Crippen MR) is 98.9 cm³/mol. The first-order chi connectivity index (χ1) is 12.2. The van der Waals surface area contributed by atoms with Gasteiger partial charge in [-0.3, -0.25) is 0 Å². The summed E-state index contributed by atoms with van der Waals surface area (Å²) < 4.78 is 15.7. The maximum Gasteiger partial charge on any atom is 0.513 e. The minimum absolute atomic E-state index is 0.164. The van der Waals surface area contributed by atoms with Crippen molar-refractivity contribution in [1.82, 2.24) is 0 Å². The molecular weight excluding hydrogens is 332 g/mol. The third kappa shape index (κ3) is 4.85. The van der Waals surface area contributed by atoms with E-state index in [1.54, 1.807) is 44.2 Å². The van der Waals surface area contributed by atoms with Crippen molar-refractivity contribution in [3.05, 3.63) is 59.2 Å². The lowest BCUT2D eigenvalue weighted by atomic mass is 9.86. The van der Waals surface area contributed by atoms with Crippen LogP contribution < -0.4 is 9.47 Å². The van der Waals surface area contributed by atoms with Gasteiger partial charge in [-0.2, -0.15) is 0 Å². The monoisotopic (exact) mass is 356 g/mol. The van der Waals surface area contributed by atoms with E-state index in [2.05, 4.69) is 0 Å². The lowest BCUT2D eigenvalue weighted by Crippen LogP contribution is -2.17. The zero-order valence-corrected chi connectivity index (χ0v) is 15.8. The molecule has 0 unspecified atom stereocenters. The summed E-state index contributed by atoms with van der Waals surface area (Å²) in [7, 11) is 0. The first kappa shape index (κ1) is 19.5. The third-order valence-corrected chi connectivity index (χ3v) is 3.77. The molecule has 0 saturated heterocycles. The molecule has 0 aliphatic rings. The Kier molecular flexibility index (Phi) is 6.03. The van der Waals surface area contributed by atoms with Crippen LogP contribution >= 0.6 is 0 Å². The van der Waals surface area contributed by atoms with E-state index < -0.39 is 12.1 Å². The summed E-state index contributed by atoms with van der Waals surface area (Å²) in [5.41, 5.74) is 1.89. The molecule has 0 aliphatic heterocycles. The highest BCUT2D eigenvalue weighted by atomic mass is 16.7. The molecule has 0 aliphatic carbocycles. The Hall–Kier alpha value is -2.82. The largest absolute Gasteiger partial charge is 0.513 e. The van der Waals surface area contributed by atoms with Crippen LogP contribution in [-0.4, -0.2) is 18.7 Å². The van der Waals surface area contributed by atoms with E-state index in [1.807, 2.05) is 32.9 Å². The number of ether oxygens (including phenoxy) is 3. The first-order valence-corrected chi connectivity index (χ1v) is 8.49. The third-order valence-electron chi connectivity index (χ3n) is 3.77. The fraction of sp³-hybridized carbons (Fsp3) is 0.333. The highest BCUT2D eigenvalue weighted by molar-refractivity contribution is 5.91. The zero-order chi connectivity index (χ0) is 19.3. The zero-order valence-electron chi connectivity index (χ0n) is 15.8. The normalized spacial score (nSPS) is 11.0. The minimum atomic E-state index is -0.838. The number of hydrogen-bond acceptors (Lipinski definition) is 5. The summed E-state index contributed by atoms with van der Waals surface area (Å²) in [5.74, 6) is -0.150. The summed E-state index contributed by atoms with van der Waals surface area (Å²) >= 11 is 0. The van der Waals surface area contributed by atoms with Gasteiger partial charge in [-0.15, -0.1) is 0 Å². The maximum atomic E-state index is 12.4. The molecule has 0 spiro atoms. The fourth-order valence-corrected chi connectivity index (χ4v) is 2.34. The Morgan fingerprint density at radius 3 is 2.23 bits per heavy atom. The molecule has 5 heteroatoms. The van der Waals surface area contributed by atoms with Crippen LogP contribution in [-0.2, 0) is 10.2 Å². The van der Waals surface area contributed by atoms with Gasteiger partial charge >= 0.3 is 12.1 Å². The molecule has 0 radical (unpaired) electrons. The van der Waals surface area contributed by atoms with Crippen molar-refractivity contribution < 1.29 is 23.8 Å². The average molecular weight is 356 g/mol. The summed E-state index contributed by atoms with van der Waals surface area (Å²) in [6.45, 7) is 9.83. The fourth-order valence-electron chi connectivity index (χ4n) is 2.34. The van der Waals surface area contributed by atoms with Crippen molar-refractivity contribution in [3.8, 4) is 11.5 Å². The highest BCUT2D eigenvalue weighted by Gasteiger charge is 2.23. The smallest absolute Gasteiger partial charge is 0.434 e. The van der Waals surface area contributed by atoms with Crippen LogP contribution in [0.2, 0.25) is 0 Å². The molecule has 26 heavy (non-hydrogen) atoms. The number of aryl methyl sites for hydroxylation is 1. The lowest BCUT2D eigenvalue weighted by molar-refractivity contribution is 0.0716. The Labute approximate surface area is 153 Å². The van der Waals surface area contributed by atoms with Crippen LogP contribution in [0.5, 0.6) is 11.5 Å². The van der Waals surface area contributed by atoms with Gasteiger partial charge in [0.2, 0.25) is 0 Å². The van der Waals surface area contributed by atoms with Crippen molar-refractivity contribution in [2.45, 2.75) is 40.0 Å². The van der Waals surface area contributed by atoms with Gasteiger partial charge in [0.25, 0.3) is 0 Å². The van der Waals surface area contributed by atoms with Crippen LogP contribution in [0.15, 0.2) is 42.5 Å². The second kappa shape index (κ2) is 8.04. The molecule has 0 bridgehead atoms. The molecule has 138 valence electrons. The molecule has 0 aromatic heterocycles. The number of carbonyl (C=O) groups is 2. The second-order valence-corrected chi connectivity index (χ2v) is 6.91. The molecule has 2 aromatic carbocycles. The maximum absolute atomic E-state index is 12.4. The van der Waals surface area contributed by atoms with Crippen molar-refractivity contribution >= 4 is 12.1 Å². The Morgan fingerprint density at radius 1 is 1.00 bits per heavy atom. The Morgan fingerprint density at radius 2 is 1.65 bits per heavy atom. The molecule has 2 aromatic rings. The number of benzene rings is 2. The van der Waals surface area contributed by atoms with Gasteiger partial charge in [0.05, 0.1) is 12.2 Å². The van der Waals surface area contributed by atoms with E-state index in [0.717, 1.165) is 5.56 Å². The minimum Gasteiger partial charge on any atom is -0.434 e. The quantitative estimate of drug-likeness (QED) is 0.436. The summed E-state index contributed by atoms with van der Waals surface area (Å²) in [6.07, 6.45) is -0.838. The predicted octanol–water partition coefficient (Wildman–Crippen LogP) is 5.05. The number of hydrogen-bond donors (Lipinski definition) is 0. The van der Waals surface area contributed by atoms with Crippen LogP contribution in [0.25, 0.3) is 0 Å². The SMILES string of the molecule is CCOC(=O)Oc1cc(C(C)(C)C)cc(C)c1OC(=O)c1ccccc1. The van der Waals surface area contributed by atoms with Gasteiger partial charge in [-0.25, -0.2) is 9.59 Å². The van der Waals surface area contributed by atoms with Crippen LogP contribution in [0, 0.1) is 6.92 Å². The molecule has 0 N–H and O–H groups in total. The summed E-state index contributed by atoms with van der Waals surface area (Å²) in [4.78, 5) is 24.2. The molecular formula is C21H24O5. The summed E-state index contributed by atoms with van der Waals surface area (Å²) in [6, 6.07) is 12.3. The Balaban J connectivity index is 2.42. The van der Waals surface area contributed by atoms with Gasteiger partial charge in [0.1, 0.15) is 0 Å². The average Bonchev–Trinajstić information content (AvgIpc) is 2.57. The van der Waals surface area contributed by atoms with Gasteiger partial charge in [-0.05, 0) is 48.6 Å². The van der Waals surface area contributed by atoms with E-state index in [9.17, 15) is 9.59 Å². The van der Waals surface area contributed by atoms with Crippen molar-refractivity contribution in [2.24, 2.45) is 0 Å². The van der Waals surface area contributed by atoms with Crippen molar-refractivity contribution in [3.63, 3.8) is 0 Å². The van der Waals surface area contributed by atoms with Crippen molar-refractivity contribution in [1.29, 1.82) is 0 Å². The van der Waals surface area contributed by atoms with Gasteiger partial charge in [0, 0.05) is 0 Å². The van der Waals surface area contributed by atoms with Gasteiger partial charge in [0.15, 0.2) is 11.5 Å². The molecule has 0 fully saturated rings. The van der Waals surface area contributed by atoms with E-state index in [0.29, 0.717) is 11.1 Å². The molecule has 2 rings (SSSR count). The highest BCUT2D eigenvalue weighted by Crippen LogP contribution is 2.37. The molecule has 0 atom stereocenters. The summed E-state index contributed by atoms with van der Waals surface area (Å²) in [5, 5.41) is 0. The first-order valence-electron chi connectivity index (χ1n) is 8.49. The topological polar surface area (TPSA) is 61.8 Å². The van der Waals surface area contributed by atoms with Crippen LogP contribution in [0.1, 0.15) is 49.2 Å². The Bertz CT molecular complexity index is 788. The van der Waals surface area contributed by atoms with Crippen LogP contribution in [0.3, 0.4) is 0 Å². The molecule has 0 saturated carbocycles. The van der Waals surface area contributed by atoms with E-state index in [1.165, 1.54) is 0 Å². The van der Waals surface area contributed by atoms with Gasteiger partial charge in [-0.1, -0.05) is 45.0 Å². The lowest BCUT2D eigenvalue weighted by Gasteiger charge is -2.22. The van der Waals surface area contributed by atoms with Gasteiger partial charge < -0.3 is 14.2 Å². The standard InChI is InChI=1S/C21H24O5/c1-6-24-20(23)25-17-13-16(21(3,4)5)12-14(2)18(17)26-19(22)15-10-8-7-9-11-15/h7-13H,6H2,1-5H3. The van der Waals surface area contributed by atoms with Crippen LogP contribution in [0.4, 0.5) is 4.79 Å². The second-order valence-electron chi connectivity index (χ2n) is 6.91. The molecule has 5 nitrogen and oxygen atoms in total. The van der Waals surface area contributed by atoms with Crippen molar-refractivity contribution in [2.75, 3.05) is 6.61 Å². The molecule has 0 amide bonds.